The highest BCUT2D eigenvalue weighted by Crippen LogP contribution is 2.11. The van der Waals surface area contributed by atoms with Crippen LogP contribution in [0.2, 0.25) is 0 Å². The maximum absolute atomic E-state index is 12.8. The summed E-state index contributed by atoms with van der Waals surface area (Å²) in [5.41, 5.74) is 1.73. The van der Waals surface area contributed by atoms with E-state index in [4.69, 9.17) is 0 Å². The number of halogens is 1. The molecule has 0 aliphatic carbocycles. The first-order valence-electron chi connectivity index (χ1n) is 5.74. The van der Waals surface area contributed by atoms with Crippen LogP contribution in [0.4, 0.5) is 4.39 Å². The third-order valence-corrected chi connectivity index (χ3v) is 2.61. The monoisotopic (exact) mass is 255 g/mol. The summed E-state index contributed by atoms with van der Waals surface area (Å²) in [6.07, 6.45) is 3.37. The second kappa shape index (κ2) is 4.93. The van der Waals surface area contributed by atoms with Crippen LogP contribution in [0.25, 0.3) is 11.4 Å². The van der Waals surface area contributed by atoms with Crippen molar-refractivity contribution < 1.29 is 4.39 Å². The van der Waals surface area contributed by atoms with Gasteiger partial charge in [-0.1, -0.05) is 12.1 Å². The molecule has 2 aromatic heterocycles. The Morgan fingerprint density at radius 2 is 1.95 bits per heavy atom. The Morgan fingerprint density at radius 3 is 2.68 bits per heavy atom. The number of nitrogens with zero attached hydrogens (tertiary/aromatic N) is 5. The van der Waals surface area contributed by atoms with E-state index in [2.05, 4.69) is 20.4 Å². The van der Waals surface area contributed by atoms with Crippen molar-refractivity contribution in [2.75, 3.05) is 0 Å². The number of rotatable bonds is 3. The van der Waals surface area contributed by atoms with Gasteiger partial charge in [-0.2, -0.15) is 4.80 Å². The molecule has 0 N–H and O–H groups in total. The Labute approximate surface area is 108 Å². The standard InChI is InChI=1S/C13H10FN5/c14-12-5-3-10(4-6-12)9-19-17-13(16-18-19)11-2-1-7-15-8-11/h1-8H,9H2. The van der Waals surface area contributed by atoms with Crippen LogP contribution in [-0.4, -0.2) is 25.2 Å². The topological polar surface area (TPSA) is 56.5 Å². The molecule has 0 aliphatic rings. The van der Waals surface area contributed by atoms with E-state index in [1.807, 2.05) is 12.1 Å². The zero-order chi connectivity index (χ0) is 13.1. The number of tetrazole rings is 1. The minimum absolute atomic E-state index is 0.258. The van der Waals surface area contributed by atoms with E-state index in [0.717, 1.165) is 11.1 Å². The normalized spacial score (nSPS) is 10.6. The number of pyridine rings is 1. The van der Waals surface area contributed by atoms with Crippen LogP contribution in [0.3, 0.4) is 0 Å². The number of benzene rings is 1. The van der Waals surface area contributed by atoms with Crippen molar-refractivity contribution >= 4 is 0 Å². The quantitative estimate of drug-likeness (QED) is 0.717. The zero-order valence-electron chi connectivity index (χ0n) is 9.94. The van der Waals surface area contributed by atoms with Gasteiger partial charge in [-0.25, -0.2) is 4.39 Å². The highest BCUT2D eigenvalue weighted by atomic mass is 19.1. The first-order chi connectivity index (χ1) is 9.31. The highest BCUT2D eigenvalue weighted by molar-refractivity contribution is 5.51. The van der Waals surface area contributed by atoms with Gasteiger partial charge in [-0.15, -0.1) is 10.2 Å². The van der Waals surface area contributed by atoms with E-state index in [9.17, 15) is 4.39 Å². The average Bonchev–Trinajstić information content (AvgIpc) is 2.91. The summed E-state index contributed by atoms with van der Waals surface area (Å²) >= 11 is 0. The molecule has 3 aromatic rings. The third-order valence-electron chi connectivity index (χ3n) is 2.61. The van der Waals surface area contributed by atoms with Crippen LogP contribution < -0.4 is 0 Å². The maximum atomic E-state index is 12.8. The van der Waals surface area contributed by atoms with E-state index < -0.39 is 0 Å². The SMILES string of the molecule is Fc1ccc(Cn2nnc(-c3cccnc3)n2)cc1. The van der Waals surface area contributed by atoms with Crippen LogP contribution in [0, 0.1) is 5.82 Å². The van der Waals surface area contributed by atoms with Crippen LogP contribution in [0.1, 0.15) is 5.56 Å². The lowest BCUT2D eigenvalue weighted by Crippen LogP contribution is -2.04. The molecule has 94 valence electrons. The van der Waals surface area contributed by atoms with Gasteiger partial charge in [-0.3, -0.25) is 4.98 Å². The molecule has 5 nitrogen and oxygen atoms in total. The molecule has 0 saturated carbocycles. The van der Waals surface area contributed by atoms with Gasteiger partial charge in [-0.05, 0) is 35.0 Å². The largest absolute Gasteiger partial charge is 0.264 e. The molecule has 0 amide bonds. The summed E-state index contributed by atoms with van der Waals surface area (Å²) in [5, 5.41) is 12.2. The Kier molecular flexibility index (Phi) is 2.97. The number of hydrogen-bond acceptors (Lipinski definition) is 4. The molecule has 2 heterocycles. The van der Waals surface area contributed by atoms with E-state index in [0.29, 0.717) is 12.4 Å². The Morgan fingerprint density at radius 1 is 1.11 bits per heavy atom. The molecule has 0 saturated heterocycles. The molecule has 0 unspecified atom stereocenters. The second-order valence-corrected chi connectivity index (χ2v) is 4.01. The molecule has 6 heteroatoms. The van der Waals surface area contributed by atoms with Crippen LogP contribution in [0.15, 0.2) is 48.8 Å². The van der Waals surface area contributed by atoms with Gasteiger partial charge >= 0.3 is 0 Å². The lowest BCUT2D eigenvalue weighted by atomic mass is 10.2. The van der Waals surface area contributed by atoms with Crippen molar-refractivity contribution in [2.45, 2.75) is 6.54 Å². The maximum Gasteiger partial charge on any atom is 0.206 e. The fourth-order valence-corrected chi connectivity index (χ4v) is 1.67. The van der Waals surface area contributed by atoms with Crippen molar-refractivity contribution in [3.63, 3.8) is 0 Å². The molecule has 19 heavy (non-hydrogen) atoms. The van der Waals surface area contributed by atoms with E-state index in [1.165, 1.54) is 16.9 Å². The highest BCUT2D eigenvalue weighted by Gasteiger charge is 2.06. The van der Waals surface area contributed by atoms with Gasteiger partial charge in [0.15, 0.2) is 0 Å². The Balaban J connectivity index is 1.80. The summed E-state index contributed by atoms with van der Waals surface area (Å²) in [4.78, 5) is 5.47. The Bertz CT molecular complexity index is 663. The predicted molar refractivity (Wildman–Crippen MR) is 66.6 cm³/mol. The first-order valence-corrected chi connectivity index (χ1v) is 5.74. The van der Waals surface area contributed by atoms with Gasteiger partial charge in [0.25, 0.3) is 0 Å². The summed E-state index contributed by atoms with van der Waals surface area (Å²) in [7, 11) is 0. The average molecular weight is 255 g/mol. The molecule has 0 radical (unpaired) electrons. The van der Waals surface area contributed by atoms with Crippen LogP contribution in [0.5, 0.6) is 0 Å². The Hall–Kier alpha value is -2.63. The summed E-state index contributed by atoms with van der Waals surface area (Å²) in [6, 6.07) is 9.90. The van der Waals surface area contributed by atoms with Crippen molar-refractivity contribution in [1.29, 1.82) is 0 Å². The lowest BCUT2D eigenvalue weighted by molar-refractivity contribution is 0.570. The van der Waals surface area contributed by atoms with Crippen molar-refractivity contribution in [1.82, 2.24) is 25.2 Å². The second-order valence-electron chi connectivity index (χ2n) is 4.01. The summed E-state index contributed by atoms with van der Waals surface area (Å²) < 4.78 is 12.8. The molecular formula is C13H10FN5. The van der Waals surface area contributed by atoms with E-state index >= 15 is 0 Å². The minimum atomic E-state index is -0.258. The van der Waals surface area contributed by atoms with Gasteiger partial charge in [0, 0.05) is 18.0 Å². The molecule has 0 atom stereocenters. The lowest BCUT2D eigenvalue weighted by Gasteiger charge is -1.98. The van der Waals surface area contributed by atoms with Crippen molar-refractivity contribution in [3.05, 3.63) is 60.2 Å². The predicted octanol–water partition coefficient (Wildman–Crippen LogP) is 1.92. The van der Waals surface area contributed by atoms with Crippen molar-refractivity contribution in [2.24, 2.45) is 0 Å². The van der Waals surface area contributed by atoms with Gasteiger partial charge in [0.1, 0.15) is 5.82 Å². The molecule has 1 aromatic carbocycles. The number of aromatic nitrogens is 5. The van der Waals surface area contributed by atoms with Gasteiger partial charge in [0.2, 0.25) is 5.82 Å². The van der Waals surface area contributed by atoms with Crippen LogP contribution in [-0.2, 0) is 6.54 Å². The van der Waals surface area contributed by atoms with Gasteiger partial charge < -0.3 is 0 Å². The molecule has 0 fully saturated rings. The molecule has 0 bridgehead atoms. The van der Waals surface area contributed by atoms with Gasteiger partial charge in [0.05, 0.1) is 6.54 Å². The minimum Gasteiger partial charge on any atom is -0.264 e. The van der Waals surface area contributed by atoms with E-state index in [-0.39, 0.29) is 5.82 Å². The molecular weight excluding hydrogens is 245 g/mol. The smallest absolute Gasteiger partial charge is 0.206 e. The van der Waals surface area contributed by atoms with Crippen LogP contribution >= 0.6 is 0 Å². The fraction of sp³-hybridized carbons (Fsp3) is 0.0769. The summed E-state index contributed by atoms with van der Waals surface area (Å²) in [6.45, 7) is 0.452. The zero-order valence-corrected chi connectivity index (χ0v) is 9.94. The number of hydrogen-bond donors (Lipinski definition) is 0. The fourth-order valence-electron chi connectivity index (χ4n) is 1.67. The molecule has 0 aliphatic heterocycles. The molecule has 0 spiro atoms. The summed E-state index contributed by atoms with van der Waals surface area (Å²) in [5.74, 6) is 0.265. The van der Waals surface area contributed by atoms with Crippen molar-refractivity contribution in [3.8, 4) is 11.4 Å². The first kappa shape index (κ1) is 11.5. The molecule has 3 rings (SSSR count). The third kappa shape index (κ3) is 2.62. The van der Waals surface area contributed by atoms with E-state index in [1.54, 1.807) is 24.5 Å².